The van der Waals surface area contributed by atoms with Gasteiger partial charge in [-0.1, -0.05) is 0 Å². The summed E-state index contributed by atoms with van der Waals surface area (Å²) in [5.41, 5.74) is 6.63. The molecule has 0 amide bonds. The van der Waals surface area contributed by atoms with Crippen LogP contribution in [0.25, 0.3) is 0 Å². The average molecular weight is 278 g/mol. The monoisotopic (exact) mass is 278 g/mol. The van der Waals surface area contributed by atoms with Gasteiger partial charge in [-0.05, 0) is 13.3 Å². The van der Waals surface area contributed by atoms with Crippen LogP contribution in [0.5, 0.6) is 0 Å². The van der Waals surface area contributed by atoms with E-state index in [4.69, 9.17) is 10.5 Å². The molecule has 0 fully saturated rings. The second kappa shape index (κ2) is 5.90. The van der Waals surface area contributed by atoms with Crippen LogP contribution in [0.2, 0.25) is 0 Å². The maximum atomic E-state index is 11.0. The lowest BCUT2D eigenvalue weighted by Gasteiger charge is -2.08. The van der Waals surface area contributed by atoms with Crippen molar-refractivity contribution in [2.24, 2.45) is 5.73 Å². The summed E-state index contributed by atoms with van der Waals surface area (Å²) in [6.07, 6.45) is 1.54. The number of aromatic nitrogens is 1. The average Bonchev–Trinajstić information content (AvgIpc) is 2.73. The van der Waals surface area contributed by atoms with Crippen LogP contribution in [-0.4, -0.2) is 32.5 Å². The fourth-order valence-corrected chi connectivity index (χ4v) is 2.84. The number of hydrogen-bond donors (Lipinski definition) is 1. The zero-order valence-electron chi connectivity index (χ0n) is 10.2. The second-order valence-electron chi connectivity index (χ2n) is 4.01. The smallest absolute Gasteiger partial charge is 0.147 e. The van der Waals surface area contributed by atoms with Crippen LogP contribution < -0.4 is 5.73 Å². The molecule has 0 bridgehead atoms. The molecule has 1 aromatic heterocycles. The molecule has 0 aliphatic carbocycles. The first-order valence-electron chi connectivity index (χ1n) is 5.25. The molecule has 17 heavy (non-hydrogen) atoms. The molecule has 2 atom stereocenters. The first kappa shape index (κ1) is 14.6. The van der Waals surface area contributed by atoms with Gasteiger partial charge in [0.25, 0.3) is 0 Å². The summed E-state index contributed by atoms with van der Waals surface area (Å²) in [5, 5.41) is 2.72. The van der Waals surface area contributed by atoms with Gasteiger partial charge >= 0.3 is 0 Å². The fourth-order valence-electron chi connectivity index (χ4n) is 1.25. The Morgan fingerprint density at radius 2 is 2.24 bits per heavy atom. The van der Waals surface area contributed by atoms with E-state index in [1.54, 1.807) is 7.11 Å². The van der Waals surface area contributed by atoms with Gasteiger partial charge in [-0.3, -0.25) is 0 Å². The van der Waals surface area contributed by atoms with Gasteiger partial charge in [-0.25, -0.2) is 13.4 Å². The lowest BCUT2D eigenvalue weighted by Crippen LogP contribution is -2.16. The molecule has 1 rings (SSSR count). The molecule has 0 aliphatic rings. The highest BCUT2D eigenvalue weighted by Gasteiger charge is 2.15. The van der Waals surface area contributed by atoms with E-state index in [2.05, 4.69) is 4.98 Å². The molecule has 0 aromatic carbocycles. The molecule has 98 valence electrons. The Labute approximate surface area is 106 Å². The Hall–Kier alpha value is -0.500. The van der Waals surface area contributed by atoms with Gasteiger partial charge in [-0.2, -0.15) is 0 Å². The third-order valence-corrected chi connectivity index (χ3v) is 4.42. The molecule has 0 spiro atoms. The summed E-state index contributed by atoms with van der Waals surface area (Å²) < 4.78 is 27.2. The Morgan fingerprint density at radius 1 is 1.59 bits per heavy atom. The highest BCUT2D eigenvalue weighted by Crippen LogP contribution is 2.24. The first-order chi connectivity index (χ1) is 7.83. The zero-order valence-corrected chi connectivity index (χ0v) is 11.8. The number of nitrogens with zero attached hydrogens (tertiary/aromatic N) is 1. The molecule has 0 radical (unpaired) electrons. The maximum absolute atomic E-state index is 11.0. The minimum absolute atomic E-state index is 0.0594. The van der Waals surface area contributed by atoms with Crippen molar-refractivity contribution in [3.05, 3.63) is 16.1 Å². The van der Waals surface area contributed by atoms with E-state index < -0.39 is 9.84 Å². The molecule has 2 unspecified atom stereocenters. The van der Waals surface area contributed by atoms with Crippen LogP contribution in [0.1, 0.15) is 36.2 Å². The summed E-state index contributed by atoms with van der Waals surface area (Å²) in [5.74, 6) is 0.0842. The van der Waals surface area contributed by atoms with Crippen LogP contribution in [0, 0.1) is 0 Å². The standard InChI is InChI=1S/C10H18N2O3S2/c1-7(15-2)10-12-9(6-16-10)8(11)4-5-17(3,13)14/h6-8H,4-5,11H2,1-3H3. The van der Waals surface area contributed by atoms with Crippen molar-refractivity contribution in [2.45, 2.75) is 25.5 Å². The van der Waals surface area contributed by atoms with Crippen molar-refractivity contribution in [1.29, 1.82) is 0 Å². The summed E-state index contributed by atoms with van der Waals surface area (Å²) >= 11 is 1.48. The number of rotatable bonds is 6. The Balaban J connectivity index is 2.64. The Morgan fingerprint density at radius 3 is 2.76 bits per heavy atom. The van der Waals surface area contributed by atoms with E-state index in [0.717, 1.165) is 10.7 Å². The highest BCUT2D eigenvalue weighted by molar-refractivity contribution is 7.90. The van der Waals surface area contributed by atoms with E-state index in [1.165, 1.54) is 17.6 Å². The van der Waals surface area contributed by atoms with E-state index in [-0.39, 0.29) is 17.9 Å². The van der Waals surface area contributed by atoms with Crippen molar-refractivity contribution in [3.63, 3.8) is 0 Å². The number of methoxy groups -OCH3 is 1. The molecule has 1 heterocycles. The van der Waals surface area contributed by atoms with Crippen molar-refractivity contribution in [1.82, 2.24) is 4.98 Å². The molecule has 5 nitrogen and oxygen atoms in total. The van der Waals surface area contributed by atoms with E-state index in [9.17, 15) is 8.42 Å². The number of nitrogens with two attached hydrogens (primary N) is 1. The molecular weight excluding hydrogens is 260 g/mol. The summed E-state index contributed by atoms with van der Waals surface area (Å²) in [4.78, 5) is 4.36. The van der Waals surface area contributed by atoms with E-state index in [1.807, 2.05) is 12.3 Å². The van der Waals surface area contributed by atoms with Crippen molar-refractivity contribution in [2.75, 3.05) is 19.1 Å². The maximum Gasteiger partial charge on any atom is 0.147 e. The molecule has 2 N–H and O–H groups in total. The highest BCUT2D eigenvalue weighted by atomic mass is 32.2. The van der Waals surface area contributed by atoms with Crippen molar-refractivity contribution < 1.29 is 13.2 Å². The molecule has 0 saturated heterocycles. The quantitative estimate of drug-likeness (QED) is 0.847. The lowest BCUT2D eigenvalue weighted by atomic mass is 10.2. The van der Waals surface area contributed by atoms with Crippen molar-refractivity contribution >= 4 is 21.2 Å². The predicted molar refractivity (Wildman–Crippen MR) is 68.8 cm³/mol. The Kier molecular flexibility index (Phi) is 5.05. The number of thiazole rings is 1. The van der Waals surface area contributed by atoms with Crippen LogP contribution in [0.15, 0.2) is 5.38 Å². The molecule has 7 heteroatoms. The van der Waals surface area contributed by atoms with Crippen LogP contribution in [-0.2, 0) is 14.6 Å². The molecule has 1 aromatic rings. The minimum Gasteiger partial charge on any atom is -0.375 e. The third kappa shape index (κ3) is 4.71. The predicted octanol–water partition coefficient (Wildman–Crippen LogP) is 1.29. The van der Waals surface area contributed by atoms with Gasteiger partial charge in [0, 0.05) is 24.8 Å². The summed E-state index contributed by atoms with van der Waals surface area (Å²) in [6.45, 7) is 1.91. The van der Waals surface area contributed by atoms with Gasteiger partial charge in [-0.15, -0.1) is 11.3 Å². The van der Waals surface area contributed by atoms with Gasteiger partial charge in [0.1, 0.15) is 20.9 Å². The van der Waals surface area contributed by atoms with Gasteiger partial charge in [0.2, 0.25) is 0 Å². The van der Waals surface area contributed by atoms with Crippen LogP contribution in [0.3, 0.4) is 0 Å². The van der Waals surface area contributed by atoms with Crippen molar-refractivity contribution in [3.8, 4) is 0 Å². The second-order valence-corrected chi connectivity index (χ2v) is 7.16. The Bertz CT molecular complexity index is 456. The zero-order chi connectivity index (χ0) is 13.1. The number of hydrogen-bond acceptors (Lipinski definition) is 6. The summed E-state index contributed by atoms with van der Waals surface area (Å²) in [7, 11) is -1.35. The summed E-state index contributed by atoms with van der Waals surface area (Å²) in [6, 6.07) is -0.334. The van der Waals surface area contributed by atoms with Gasteiger partial charge in [0.15, 0.2) is 0 Å². The van der Waals surface area contributed by atoms with Crippen LogP contribution in [0.4, 0.5) is 0 Å². The topological polar surface area (TPSA) is 82.3 Å². The largest absolute Gasteiger partial charge is 0.375 e. The minimum atomic E-state index is -2.97. The molecule has 0 saturated carbocycles. The van der Waals surface area contributed by atoms with E-state index in [0.29, 0.717) is 6.42 Å². The fraction of sp³-hybridized carbons (Fsp3) is 0.700. The molecular formula is C10H18N2O3S2. The SMILES string of the molecule is COC(C)c1nc(C(N)CCS(C)(=O)=O)cs1. The first-order valence-corrected chi connectivity index (χ1v) is 8.19. The van der Waals surface area contributed by atoms with Gasteiger partial charge < -0.3 is 10.5 Å². The molecule has 0 aliphatic heterocycles. The third-order valence-electron chi connectivity index (χ3n) is 2.42. The number of ether oxygens (including phenoxy) is 1. The normalized spacial score (nSPS) is 15.8. The van der Waals surface area contributed by atoms with E-state index >= 15 is 0 Å². The lowest BCUT2D eigenvalue weighted by molar-refractivity contribution is 0.119. The van der Waals surface area contributed by atoms with Gasteiger partial charge in [0.05, 0.1) is 11.4 Å². The van der Waals surface area contributed by atoms with Crippen LogP contribution >= 0.6 is 11.3 Å². The number of sulfone groups is 1.